The molecule has 0 spiro atoms. The fraction of sp³-hybridized carbons (Fsp3) is 0.789. The first-order valence-electron chi connectivity index (χ1n) is 9.82. The Kier molecular flexibility index (Phi) is 24.4. The second-order valence-corrected chi connectivity index (χ2v) is 7.53. The highest BCUT2D eigenvalue weighted by atomic mass is 16.4. The number of hydrogen-bond donors (Lipinski definition) is 8. The highest BCUT2D eigenvalue weighted by molar-refractivity contribution is 5.74. The van der Waals surface area contributed by atoms with E-state index in [2.05, 4.69) is 5.73 Å². The molecule has 4 atom stereocenters. The second-order valence-electron chi connectivity index (χ2n) is 7.53. The molecular formula is C19H42N4O8. The van der Waals surface area contributed by atoms with Crippen molar-refractivity contribution in [2.75, 3.05) is 6.54 Å². The number of nitrogens with two attached hydrogens (primary N) is 4. The first kappa shape index (κ1) is 36.1. The molecule has 0 aliphatic carbocycles. The molecule has 0 rings (SSSR count). The lowest BCUT2D eigenvalue weighted by Gasteiger charge is -2.11. The van der Waals surface area contributed by atoms with Crippen LogP contribution in [0.4, 0.5) is 0 Å². The van der Waals surface area contributed by atoms with Gasteiger partial charge < -0.3 is 43.4 Å². The van der Waals surface area contributed by atoms with E-state index in [1.807, 2.05) is 27.7 Å². The molecule has 0 aliphatic heterocycles. The van der Waals surface area contributed by atoms with Gasteiger partial charge in [0.15, 0.2) is 0 Å². The highest BCUT2D eigenvalue weighted by Gasteiger charge is 2.17. The van der Waals surface area contributed by atoms with Gasteiger partial charge in [0.05, 0.1) is 6.54 Å². The molecule has 0 fully saturated rings. The molecule has 0 amide bonds. The number of carboxylic acids is 4. The summed E-state index contributed by atoms with van der Waals surface area (Å²) in [6, 6.07) is -2.10. The van der Waals surface area contributed by atoms with E-state index in [0.29, 0.717) is 12.3 Å². The predicted molar refractivity (Wildman–Crippen MR) is 117 cm³/mol. The van der Waals surface area contributed by atoms with E-state index in [1.54, 1.807) is 13.8 Å². The van der Waals surface area contributed by atoms with Crippen LogP contribution in [0.3, 0.4) is 0 Å². The maximum Gasteiger partial charge on any atom is 0.320 e. The summed E-state index contributed by atoms with van der Waals surface area (Å²) in [6.07, 6.45) is 1.36. The number of hydrogen-bond acceptors (Lipinski definition) is 8. The molecule has 0 aromatic rings. The Hall–Kier alpha value is -2.28. The quantitative estimate of drug-likeness (QED) is 0.228. The van der Waals surface area contributed by atoms with E-state index < -0.39 is 42.0 Å². The van der Waals surface area contributed by atoms with Crippen molar-refractivity contribution < 1.29 is 39.6 Å². The summed E-state index contributed by atoms with van der Waals surface area (Å²) in [4.78, 5) is 39.5. The molecule has 12 heteroatoms. The van der Waals surface area contributed by atoms with Crippen LogP contribution in [0.25, 0.3) is 0 Å². The fourth-order valence-corrected chi connectivity index (χ4v) is 1.39. The van der Waals surface area contributed by atoms with Gasteiger partial charge in [-0.1, -0.05) is 48.0 Å². The molecule has 0 saturated heterocycles. The van der Waals surface area contributed by atoms with E-state index in [9.17, 15) is 19.2 Å². The summed E-state index contributed by atoms with van der Waals surface area (Å²) >= 11 is 0. The summed E-state index contributed by atoms with van der Waals surface area (Å²) in [5.41, 5.74) is 20.2. The Morgan fingerprint density at radius 3 is 1.16 bits per heavy atom. The Balaban J connectivity index is -0.000000160. The van der Waals surface area contributed by atoms with Crippen LogP contribution in [0.1, 0.15) is 54.4 Å². The third kappa shape index (κ3) is 27.7. The second kappa shape index (κ2) is 21.0. The average molecular weight is 455 g/mol. The lowest BCUT2D eigenvalue weighted by molar-refractivity contribution is -0.140. The summed E-state index contributed by atoms with van der Waals surface area (Å²) in [6.45, 7) is 10.9. The minimum Gasteiger partial charge on any atom is -0.480 e. The monoisotopic (exact) mass is 454 g/mol. The minimum absolute atomic E-state index is 0.0208. The first-order chi connectivity index (χ1) is 14.0. The van der Waals surface area contributed by atoms with Crippen molar-refractivity contribution in [1.82, 2.24) is 0 Å². The number of carboxylic acid groups (broad SMARTS) is 4. The third-order valence-electron chi connectivity index (χ3n) is 3.76. The first-order valence-corrected chi connectivity index (χ1v) is 9.82. The van der Waals surface area contributed by atoms with E-state index in [1.165, 1.54) is 0 Å². The van der Waals surface area contributed by atoms with Gasteiger partial charge in [-0.2, -0.15) is 0 Å². The third-order valence-corrected chi connectivity index (χ3v) is 3.76. The van der Waals surface area contributed by atoms with E-state index >= 15 is 0 Å². The van der Waals surface area contributed by atoms with Gasteiger partial charge in [-0.25, -0.2) is 0 Å². The molecular weight excluding hydrogens is 412 g/mol. The van der Waals surface area contributed by atoms with Crippen molar-refractivity contribution in [3.8, 4) is 0 Å². The zero-order chi connectivity index (χ0) is 25.9. The molecule has 0 heterocycles. The van der Waals surface area contributed by atoms with Crippen molar-refractivity contribution in [2.24, 2.45) is 40.7 Å². The van der Waals surface area contributed by atoms with Crippen molar-refractivity contribution in [3.63, 3.8) is 0 Å². The molecule has 0 unspecified atom stereocenters. The van der Waals surface area contributed by atoms with Gasteiger partial charge in [0.25, 0.3) is 0 Å². The Bertz CT molecular complexity index is 515. The number of aliphatic carboxylic acids is 4. The lowest BCUT2D eigenvalue weighted by atomic mass is 10.0. The maximum atomic E-state index is 10.2. The molecule has 0 aromatic heterocycles. The highest BCUT2D eigenvalue weighted by Crippen LogP contribution is 2.04. The van der Waals surface area contributed by atoms with Crippen LogP contribution in [-0.2, 0) is 19.2 Å². The molecule has 12 nitrogen and oxygen atoms in total. The molecule has 0 bridgehead atoms. The van der Waals surface area contributed by atoms with Gasteiger partial charge >= 0.3 is 23.9 Å². The average Bonchev–Trinajstić information content (AvgIpc) is 2.66. The SMILES string of the molecule is CC(C)C[C@H](N)C(=O)O.CC(C)[C@H](N)C(=O)O.CC[C@H](C)[C@H](N)C(=O)O.NCC(=O)O. The van der Waals surface area contributed by atoms with Crippen LogP contribution < -0.4 is 22.9 Å². The van der Waals surface area contributed by atoms with Crippen LogP contribution >= 0.6 is 0 Å². The van der Waals surface area contributed by atoms with Crippen LogP contribution in [0.15, 0.2) is 0 Å². The topological polar surface area (TPSA) is 253 Å². The van der Waals surface area contributed by atoms with Crippen LogP contribution in [0.2, 0.25) is 0 Å². The standard InChI is InChI=1S/2C6H13NO2.C5H11NO2.C2H5NO2/c1-4(2)3-5(7)6(8)9;1-3-4(2)5(7)6(8)9;1-3(2)4(6)5(7)8;3-1-2(4)5/h2*4-5H,3,7H2,1-2H3,(H,8,9);3-4H,6H2,1-2H3,(H,7,8);1,3H2,(H,4,5)/t5-;4-,5-;4-;/m000./s1. The van der Waals surface area contributed by atoms with Crippen LogP contribution in [0, 0.1) is 17.8 Å². The van der Waals surface area contributed by atoms with Crippen molar-refractivity contribution in [2.45, 2.75) is 72.5 Å². The van der Waals surface area contributed by atoms with Crippen LogP contribution in [-0.4, -0.2) is 69.0 Å². The maximum absolute atomic E-state index is 10.2. The Morgan fingerprint density at radius 2 is 1.10 bits per heavy atom. The lowest BCUT2D eigenvalue weighted by Crippen LogP contribution is -2.36. The van der Waals surface area contributed by atoms with Crippen LogP contribution in [0.5, 0.6) is 0 Å². The zero-order valence-electron chi connectivity index (χ0n) is 19.3. The van der Waals surface area contributed by atoms with E-state index in [0.717, 1.165) is 6.42 Å². The van der Waals surface area contributed by atoms with Gasteiger partial charge in [-0.3, -0.25) is 19.2 Å². The Morgan fingerprint density at radius 1 is 0.742 bits per heavy atom. The smallest absolute Gasteiger partial charge is 0.320 e. The zero-order valence-corrected chi connectivity index (χ0v) is 19.3. The molecule has 186 valence electrons. The molecule has 0 saturated carbocycles. The molecule has 31 heavy (non-hydrogen) atoms. The van der Waals surface area contributed by atoms with Crippen molar-refractivity contribution >= 4 is 23.9 Å². The number of carbonyl (C=O) groups is 4. The van der Waals surface area contributed by atoms with Gasteiger partial charge in [-0.05, 0) is 24.2 Å². The van der Waals surface area contributed by atoms with E-state index in [4.69, 9.17) is 37.6 Å². The van der Waals surface area contributed by atoms with Crippen molar-refractivity contribution in [1.29, 1.82) is 0 Å². The fourth-order valence-electron chi connectivity index (χ4n) is 1.39. The Labute approximate surface area is 184 Å². The predicted octanol–water partition coefficient (Wildman–Crippen LogP) is -0.0272. The normalized spacial score (nSPS) is 13.7. The molecule has 0 aromatic carbocycles. The summed E-state index contributed by atoms with van der Waals surface area (Å²) in [5.74, 6) is -3.27. The van der Waals surface area contributed by atoms with Gasteiger partial charge in [0.2, 0.25) is 0 Å². The summed E-state index contributed by atoms with van der Waals surface area (Å²) < 4.78 is 0. The molecule has 0 radical (unpaired) electrons. The van der Waals surface area contributed by atoms with Crippen molar-refractivity contribution in [3.05, 3.63) is 0 Å². The summed E-state index contributed by atoms with van der Waals surface area (Å²) in [7, 11) is 0. The molecule has 12 N–H and O–H groups in total. The van der Waals surface area contributed by atoms with Gasteiger partial charge in [-0.15, -0.1) is 0 Å². The van der Waals surface area contributed by atoms with E-state index in [-0.39, 0.29) is 18.4 Å². The largest absolute Gasteiger partial charge is 0.480 e. The van der Waals surface area contributed by atoms with Gasteiger partial charge in [0.1, 0.15) is 18.1 Å². The summed E-state index contributed by atoms with van der Waals surface area (Å²) in [5, 5.41) is 32.5. The van der Waals surface area contributed by atoms with Gasteiger partial charge in [0, 0.05) is 0 Å². The number of rotatable bonds is 9. The molecule has 0 aliphatic rings. The minimum atomic E-state index is -0.968.